The van der Waals surface area contributed by atoms with E-state index in [2.05, 4.69) is 5.10 Å². The normalized spacial score (nSPS) is 23.4. The summed E-state index contributed by atoms with van der Waals surface area (Å²) in [7, 11) is 1.35. The van der Waals surface area contributed by atoms with Crippen LogP contribution in [0.25, 0.3) is 0 Å². The summed E-state index contributed by atoms with van der Waals surface area (Å²) < 4.78 is 60.4. The Morgan fingerprint density at radius 2 is 1.91 bits per heavy atom. The monoisotopic (exact) mass is 481 g/mol. The number of carbonyl (C=O) groups excluding carboxylic acids is 2. The predicted molar refractivity (Wildman–Crippen MR) is 114 cm³/mol. The van der Waals surface area contributed by atoms with Gasteiger partial charge in [0.1, 0.15) is 12.1 Å². The van der Waals surface area contributed by atoms with Gasteiger partial charge in [0.15, 0.2) is 5.69 Å². The molecule has 1 aromatic heterocycles. The van der Waals surface area contributed by atoms with Crippen LogP contribution in [0, 0.1) is 17.2 Å². The van der Waals surface area contributed by atoms with Crippen molar-refractivity contribution in [3.8, 4) is 0 Å². The van der Waals surface area contributed by atoms with Crippen LogP contribution >= 0.6 is 0 Å². The number of benzene rings is 1. The standard InChI is InChI=1S/C24H27F4N3O3/c1-34-22(33)17-6-9-23(15-32,10-7-17)14-30-11-8-19-20(13-30)31(29-21(19)24(26,27)28)12-16-2-4-18(25)5-3-16/h2-5,15,17H,6-14H2,1H3. The van der Waals surface area contributed by atoms with E-state index in [0.29, 0.717) is 50.0 Å². The smallest absolute Gasteiger partial charge is 0.435 e. The van der Waals surface area contributed by atoms with Crippen LogP contribution in [0.5, 0.6) is 0 Å². The molecule has 0 radical (unpaired) electrons. The molecular weight excluding hydrogens is 454 g/mol. The van der Waals surface area contributed by atoms with Crippen molar-refractivity contribution in [1.82, 2.24) is 14.7 Å². The molecule has 1 aliphatic heterocycles. The van der Waals surface area contributed by atoms with Crippen LogP contribution in [0.1, 0.15) is 48.2 Å². The molecular formula is C24H27F4N3O3. The van der Waals surface area contributed by atoms with Crippen LogP contribution in [0.3, 0.4) is 0 Å². The Labute approximate surface area is 194 Å². The minimum absolute atomic E-state index is 0.0895. The highest BCUT2D eigenvalue weighted by atomic mass is 19.4. The van der Waals surface area contributed by atoms with Gasteiger partial charge in [-0.3, -0.25) is 14.4 Å². The molecule has 2 heterocycles. The van der Waals surface area contributed by atoms with Gasteiger partial charge in [0.25, 0.3) is 0 Å². The highest BCUT2D eigenvalue weighted by molar-refractivity contribution is 5.73. The lowest BCUT2D eigenvalue weighted by Gasteiger charge is -2.40. The van der Waals surface area contributed by atoms with Crippen molar-refractivity contribution in [1.29, 1.82) is 0 Å². The first-order valence-electron chi connectivity index (χ1n) is 11.3. The van der Waals surface area contributed by atoms with Crippen LogP contribution in [-0.2, 0) is 40.0 Å². The van der Waals surface area contributed by atoms with Gasteiger partial charge in [-0.1, -0.05) is 12.1 Å². The van der Waals surface area contributed by atoms with Crippen molar-refractivity contribution < 1.29 is 31.9 Å². The van der Waals surface area contributed by atoms with Gasteiger partial charge in [-0.2, -0.15) is 18.3 Å². The fraction of sp³-hybridized carbons (Fsp3) is 0.542. The fourth-order valence-electron chi connectivity index (χ4n) is 5.14. The topological polar surface area (TPSA) is 64.4 Å². The van der Waals surface area contributed by atoms with Crippen molar-refractivity contribution in [2.75, 3.05) is 20.2 Å². The van der Waals surface area contributed by atoms with Gasteiger partial charge in [-0.15, -0.1) is 0 Å². The number of halogens is 4. The van der Waals surface area contributed by atoms with Crippen molar-refractivity contribution >= 4 is 12.3 Å². The van der Waals surface area contributed by atoms with Crippen LogP contribution in [-0.4, -0.2) is 47.1 Å². The summed E-state index contributed by atoms with van der Waals surface area (Å²) in [5, 5.41) is 3.89. The van der Waals surface area contributed by atoms with E-state index >= 15 is 0 Å². The molecule has 0 N–H and O–H groups in total. The van der Waals surface area contributed by atoms with Gasteiger partial charge in [0.2, 0.25) is 0 Å². The van der Waals surface area contributed by atoms with Gasteiger partial charge >= 0.3 is 12.1 Å². The molecule has 34 heavy (non-hydrogen) atoms. The summed E-state index contributed by atoms with van der Waals surface area (Å²) in [6.45, 7) is 1.11. The van der Waals surface area contributed by atoms with Crippen molar-refractivity contribution in [2.45, 2.75) is 51.4 Å². The number of alkyl halides is 3. The second-order valence-electron chi connectivity index (χ2n) is 9.29. The number of fused-ring (bicyclic) bond motifs is 1. The largest absolute Gasteiger partial charge is 0.469 e. The van der Waals surface area contributed by atoms with Gasteiger partial charge in [0.05, 0.1) is 25.3 Å². The van der Waals surface area contributed by atoms with E-state index in [-0.39, 0.29) is 37.0 Å². The molecule has 0 saturated heterocycles. The van der Waals surface area contributed by atoms with Gasteiger partial charge in [-0.25, -0.2) is 4.39 Å². The Bertz CT molecular complexity index is 1040. The van der Waals surface area contributed by atoms with E-state index in [1.807, 2.05) is 4.90 Å². The zero-order chi connectivity index (χ0) is 24.5. The summed E-state index contributed by atoms with van der Waals surface area (Å²) in [4.78, 5) is 25.9. The molecule has 1 aliphatic carbocycles. The number of esters is 1. The minimum atomic E-state index is -4.57. The maximum Gasteiger partial charge on any atom is 0.435 e. The lowest BCUT2D eigenvalue weighted by atomic mass is 9.71. The second kappa shape index (κ2) is 9.48. The lowest BCUT2D eigenvalue weighted by Crippen LogP contribution is -2.44. The average Bonchev–Trinajstić information content (AvgIpc) is 3.18. The van der Waals surface area contributed by atoms with Crippen molar-refractivity contribution in [3.63, 3.8) is 0 Å². The Kier molecular flexibility index (Phi) is 6.80. The van der Waals surface area contributed by atoms with Crippen LogP contribution in [0.4, 0.5) is 17.6 Å². The zero-order valence-corrected chi connectivity index (χ0v) is 18.9. The third-order valence-electron chi connectivity index (χ3n) is 7.04. The molecule has 0 unspecified atom stereocenters. The lowest BCUT2D eigenvalue weighted by molar-refractivity contribution is -0.148. The van der Waals surface area contributed by atoms with E-state index in [9.17, 15) is 27.2 Å². The Morgan fingerprint density at radius 1 is 1.24 bits per heavy atom. The Hall–Kier alpha value is -2.75. The number of hydrogen-bond acceptors (Lipinski definition) is 5. The summed E-state index contributed by atoms with van der Waals surface area (Å²) in [6.07, 6.45) is -1.31. The third kappa shape index (κ3) is 5.01. The number of rotatable bonds is 6. The Morgan fingerprint density at radius 3 is 2.50 bits per heavy atom. The van der Waals surface area contributed by atoms with E-state index in [1.54, 1.807) is 0 Å². The molecule has 1 aromatic carbocycles. The molecule has 0 bridgehead atoms. The maximum atomic E-state index is 13.7. The first kappa shape index (κ1) is 24.4. The summed E-state index contributed by atoms with van der Waals surface area (Å²) >= 11 is 0. The number of aldehydes is 1. The first-order valence-corrected chi connectivity index (χ1v) is 11.3. The number of ether oxygens (including phenoxy) is 1. The van der Waals surface area contributed by atoms with Crippen molar-refractivity contribution in [2.24, 2.45) is 11.3 Å². The van der Waals surface area contributed by atoms with Gasteiger partial charge < -0.3 is 9.53 Å². The summed E-state index contributed by atoms with van der Waals surface area (Å²) in [5.74, 6) is -0.918. The van der Waals surface area contributed by atoms with E-state index in [0.717, 1.165) is 6.29 Å². The number of methoxy groups -OCH3 is 1. The van der Waals surface area contributed by atoms with Gasteiger partial charge in [0, 0.05) is 30.6 Å². The highest BCUT2D eigenvalue weighted by Crippen LogP contribution is 2.40. The average molecular weight is 481 g/mol. The molecule has 184 valence electrons. The molecule has 0 amide bonds. The molecule has 0 atom stereocenters. The minimum Gasteiger partial charge on any atom is -0.469 e. The number of hydrogen-bond donors (Lipinski definition) is 0. The van der Waals surface area contributed by atoms with Crippen LogP contribution in [0.15, 0.2) is 24.3 Å². The fourth-order valence-corrected chi connectivity index (χ4v) is 5.14. The molecule has 1 fully saturated rings. The second-order valence-corrected chi connectivity index (χ2v) is 9.29. The molecule has 10 heteroatoms. The molecule has 4 rings (SSSR count). The predicted octanol–water partition coefficient (Wildman–Crippen LogP) is 4.00. The van der Waals surface area contributed by atoms with E-state index < -0.39 is 23.1 Å². The van der Waals surface area contributed by atoms with E-state index in [4.69, 9.17) is 4.74 Å². The molecule has 1 saturated carbocycles. The van der Waals surface area contributed by atoms with E-state index in [1.165, 1.54) is 36.1 Å². The third-order valence-corrected chi connectivity index (χ3v) is 7.04. The van der Waals surface area contributed by atoms with Gasteiger partial charge in [-0.05, 0) is 49.8 Å². The molecule has 2 aromatic rings. The number of aromatic nitrogens is 2. The molecule has 6 nitrogen and oxygen atoms in total. The van der Waals surface area contributed by atoms with Crippen molar-refractivity contribution in [3.05, 3.63) is 52.6 Å². The summed E-state index contributed by atoms with van der Waals surface area (Å²) in [6, 6.07) is 5.58. The number of carbonyl (C=O) groups is 2. The highest BCUT2D eigenvalue weighted by Gasteiger charge is 2.43. The number of nitrogens with zero attached hydrogens (tertiary/aromatic N) is 3. The maximum absolute atomic E-state index is 13.7. The zero-order valence-electron chi connectivity index (χ0n) is 18.9. The Balaban J connectivity index is 1.54. The molecule has 0 spiro atoms. The SMILES string of the molecule is COC(=O)C1CCC(C=O)(CN2CCc3c(C(F)(F)F)nn(Cc4ccc(F)cc4)c3C2)CC1. The summed E-state index contributed by atoms with van der Waals surface area (Å²) in [5.41, 5.74) is -0.236. The molecule has 2 aliphatic rings. The van der Waals surface area contributed by atoms with Crippen LogP contribution in [0.2, 0.25) is 0 Å². The first-order chi connectivity index (χ1) is 16.1. The quantitative estimate of drug-likeness (QED) is 0.355. The van der Waals surface area contributed by atoms with Crippen LogP contribution < -0.4 is 0 Å².